The highest BCUT2D eigenvalue weighted by Gasteiger charge is 2.17. The molecule has 2 aliphatic carbocycles. The maximum Gasteiger partial charge on any atom is 0.249 e. The third-order valence-corrected chi connectivity index (χ3v) is 2.62. The first kappa shape index (κ1) is 9.71. The zero-order valence-corrected chi connectivity index (χ0v) is 8.66. The Hall–Kier alpha value is -1.83. The van der Waals surface area contributed by atoms with Crippen molar-refractivity contribution in [2.45, 2.75) is 13.3 Å². The molecular formula is C13H13NO. The molecule has 0 saturated carbocycles. The van der Waals surface area contributed by atoms with Crippen LogP contribution < -0.4 is 5.73 Å². The van der Waals surface area contributed by atoms with Crippen molar-refractivity contribution >= 4 is 5.91 Å². The molecule has 2 N–H and O–H groups in total. The number of fused-ring (bicyclic) bond motifs is 1. The van der Waals surface area contributed by atoms with Gasteiger partial charge in [-0.1, -0.05) is 43.3 Å². The average Bonchev–Trinajstić information content (AvgIpc) is 2.42. The number of carbonyl (C=O) groups is 1. The Labute approximate surface area is 89.1 Å². The van der Waals surface area contributed by atoms with Crippen molar-refractivity contribution < 1.29 is 4.79 Å². The van der Waals surface area contributed by atoms with Crippen molar-refractivity contribution in [2.75, 3.05) is 0 Å². The summed E-state index contributed by atoms with van der Waals surface area (Å²) in [6, 6.07) is 11.8. The number of nitrogens with two attached hydrogens (primary N) is 1. The van der Waals surface area contributed by atoms with Crippen LogP contribution in [0.25, 0.3) is 11.1 Å². The van der Waals surface area contributed by atoms with Crippen LogP contribution in [0.15, 0.2) is 36.4 Å². The summed E-state index contributed by atoms with van der Waals surface area (Å²) in [5.41, 5.74) is 9.13. The third-order valence-electron chi connectivity index (χ3n) is 2.62. The fourth-order valence-electron chi connectivity index (χ4n) is 1.92. The van der Waals surface area contributed by atoms with Crippen LogP contribution in [0.3, 0.4) is 0 Å². The van der Waals surface area contributed by atoms with Crippen LogP contribution in [-0.4, -0.2) is 5.91 Å². The maximum absolute atomic E-state index is 11.4. The molecule has 0 aromatic carbocycles. The second-order valence-corrected chi connectivity index (χ2v) is 3.54. The van der Waals surface area contributed by atoms with Gasteiger partial charge in [0.25, 0.3) is 0 Å². The quantitative estimate of drug-likeness (QED) is 0.793. The van der Waals surface area contributed by atoms with Crippen LogP contribution in [0, 0.1) is 0 Å². The second-order valence-electron chi connectivity index (χ2n) is 3.54. The fourth-order valence-corrected chi connectivity index (χ4v) is 1.92. The van der Waals surface area contributed by atoms with E-state index in [-0.39, 0.29) is 5.91 Å². The molecule has 0 aliphatic heterocycles. The van der Waals surface area contributed by atoms with Gasteiger partial charge in [-0.15, -0.1) is 0 Å². The van der Waals surface area contributed by atoms with Gasteiger partial charge in [-0.3, -0.25) is 4.79 Å². The summed E-state index contributed by atoms with van der Waals surface area (Å²) in [5, 5.41) is 0. The number of amides is 1. The molecule has 2 aliphatic rings. The highest BCUT2D eigenvalue weighted by molar-refractivity contribution is 6.03. The Bertz CT molecular complexity index is 476. The van der Waals surface area contributed by atoms with E-state index in [1.54, 1.807) is 0 Å². The molecule has 0 unspecified atom stereocenters. The molecule has 76 valence electrons. The van der Waals surface area contributed by atoms with Crippen LogP contribution in [0.2, 0.25) is 0 Å². The van der Waals surface area contributed by atoms with E-state index in [0.29, 0.717) is 5.56 Å². The predicted octanol–water partition coefficient (Wildman–Crippen LogP) is 2.45. The molecule has 2 heteroatoms. The highest BCUT2D eigenvalue weighted by Crippen LogP contribution is 2.30. The standard InChI is InChI=1S/C13H13NO/c1-2-9-8-10-6-4-3-5-7-11(10)12(9)13(14)15/h3-8H,2H2,1H3,(H2,14,15). The summed E-state index contributed by atoms with van der Waals surface area (Å²) in [4.78, 5) is 11.4. The van der Waals surface area contributed by atoms with E-state index in [9.17, 15) is 4.79 Å². The lowest BCUT2D eigenvalue weighted by Crippen LogP contribution is -2.12. The Morgan fingerprint density at radius 2 is 2.00 bits per heavy atom. The second kappa shape index (κ2) is 3.73. The summed E-state index contributed by atoms with van der Waals surface area (Å²) in [7, 11) is 0. The van der Waals surface area contributed by atoms with Crippen LogP contribution >= 0.6 is 0 Å². The number of hydrogen-bond acceptors (Lipinski definition) is 1. The van der Waals surface area contributed by atoms with E-state index in [1.165, 1.54) is 0 Å². The SMILES string of the molecule is CCc1cc2cccccc-2c1C(N)=O. The summed E-state index contributed by atoms with van der Waals surface area (Å²) in [5.74, 6) is -0.340. The first-order chi connectivity index (χ1) is 7.24. The maximum atomic E-state index is 11.4. The Kier molecular flexibility index (Phi) is 2.42. The summed E-state index contributed by atoms with van der Waals surface area (Å²) >= 11 is 0. The average molecular weight is 199 g/mol. The van der Waals surface area contributed by atoms with Gasteiger partial charge in [0, 0.05) is 0 Å². The Morgan fingerprint density at radius 3 is 2.67 bits per heavy atom. The summed E-state index contributed by atoms with van der Waals surface area (Å²) in [6.45, 7) is 2.03. The van der Waals surface area contributed by atoms with Crippen molar-refractivity contribution in [3.05, 3.63) is 47.5 Å². The van der Waals surface area contributed by atoms with Crippen molar-refractivity contribution in [3.63, 3.8) is 0 Å². The van der Waals surface area contributed by atoms with E-state index in [2.05, 4.69) is 0 Å². The first-order valence-electron chi connectivity index (χ1n) is 5.04. The van der Waals surface area contributed by atoms with Gasteiger partial charge in [0.2, 0.25) is 5.91 Å². The van der Waals surface area contributed by atoms with Gasteiger partial charge >= 0.3 is 0 Å². The number of hydrogen-bond donors (Lipinski definition) is 1. The van der Waals surface area contributed by atoms with Crippen LogP contribution in [0.1, 0.15) is 22.8 Å². The Morgan fingerprint density at radius 1 is 1.27 bits per heavy atom. The van der Waals surface area contributed by atoms with E-state index in [0.717, 1.165) is 23.1 Å². The van der Waals surface area contributed by atoms with Gasteiger partial charge in [0.15, 0.2) is 0 Å². The molecule has 0 atom stereocenters. The van der Waals surface area contributed by atoms with Crippen LogP contribution in [0.4, 0.5) is 0 Å². The molecule has 0 fully saturated rings. The molecule has 0 spiro atoms. The van der Waals surface area contributed by atoms with Crippen molar-refractivity contribution in [2.24, 2.45) is 5.73 Å². The lowest BCUT2D eigenvalue weighted by Gasteiger charge is -1.98. The third kappa shape index (κ3) is 1.59. The van der Waals surface area contributed by atoms with E-state index in [1.807, 2.05) is 43.3 Å². The van der Waals surface area contributed by atoms with Gasteiger partial charge < -0.3 is 5.73 Å². The molecule has 1 amide bonds. The highest BCUT2D eigenvalue weighted by atomic mass is 16.1. The summed E-state index contributed by atoms with van der Waals surface area (Å²) < 4.78 is 0. The molecule has 0 heterocycles. The topological polar surface area (TPSA) is 43.1 Å². The zero-order chi connectivity index (χ0) is 10.8. The van der Waals surface area contributed by atoms with E-state index < -0.39 is 0 Å². The number of rotatable bonds is 2. The van der Waals surface area contributed by atoms with Crippen LogP contribution in [-0.2, 0) is 6.42 Å². The normalized spacial score (nSPS) is 10.5. The fraction of sp³-hybridized carbons (Fsp3) is 0.154. The minimum Gasteiger partial charge on any atom is -0.366 e. The molecule has 15 heavy (non-hydrogen) atoms. The smallest absolute Gasteiger partial charge is 0.249 e. The van der Waals surface area contributed by atoms with Crippen molar-refractivity contribution in [1.82, 2.24) is 0 Å². The number of aryl methyl sites for hydroxylation is 1. The zero-order valence-electron chi connectivity index (χ0n) is 8.66. The molecule has 0 bridgehead atoms. The molecule has 0 saturated heterocycles. The lowest BCUT2D eigenvalue weighted by molar-refractivity contribution is 0.100. The largest absolute Gasteiger partial charge is 0.366 e. The van der Waals surface area contributed by atoms with Gasteiger partial charge in [-0.2, -0.15) is 0 Å². The first-order valence-corrected chi connectivity index (χ1v) is 5.04. The van der Waals surface area contributed by atoms with Gasteiger partial charge in [0.1, 0.15) is 0 Å². The molecular weight excluding hydrogens is 186 g/mol. The predicted molar refractivity (Wildman–Crippen MR) is 61.0 cm³/mol. The molecule has 2 rings (SSSR count). The van der Waals surface area contributed by atoms with Gasteiger partial charge in [-0.05, 0) is 23.1 Å². The summed E-state index contributed by atoms with van der Waals surface area (Å²) in [6.07, 6.45) is 0.830. The Balaban J connectivity index is 2.75. The minimum atomic E-state index is -0.340. The van der Waals surface area contributed by atoms with Gasteiger partial charge in [0.05, 0.1) is 5.56 Å². The lowest BCUT2D eigenvalue weighted by atomic mass is 10.1. The van der Waals surface area contributed by atoms with Crippen molar-refractivity contribution in [1.29, 1.82) is 0 Å². The number of carbonyl (C=O) groups excluding carboxylic acids is 1. The van der Waals surface area contributed by atoms with Crippen molar-refractivity contribution in [3.8, 4) is 11.1 Å². The molecule has 0 aromatic rings. The molecule has 0 aromatic heterocycles. The molecule has 0 radical (unpaired) electrons. The number of primary amides is 1. The van der Waals surface area contributed by atoms with Crippen LogP contribution in [0.5, 0.6) is 0 Å². The minimum absolute atomic E-state index is 0.340. The van der Waals surface area contributed by atoms with E-state index in [4.69, 9.17) is 5.73 Å². The monoisotopic (exact) mass is 199 g/mol. The van der Waals surface area contributed by atoms with Gasteiger partial charge in [-0.25, -0.2) is 0 Å². The van der Waals surface area contributed by atoms with E-state index >= 15 is 0 Å². The molecule has 2 nitrogen and oxygen atoms in total.